The Hall–Kier alpha value is -0.800. The van der Waals surface area contributed by atoms with Crippen LogP contribution in [0.2, 0.25) is 5.02 Å². The van der Waals surface area contributed by atoms with Crippen LogP contribution in [0.5, 0.6) is 5.75 Å². The van der Waals surface area contributed by atoms with E-state index in [-0.39, 0.29) is 16.7 Å². The smallest absolute Gasteiger partial charge is 0.142 e. The first-order chi connectivity index (χ1) is 6.54. The van der Waals surface area contributed by atoms with Crippen molar-refractivity contribution in [3.05, 3.63) is 28.5 Å². The van der Waals surface area contributed by atoms with E-state index in [9.17, 15) is 9.50 Å². The molecule has 0 bridgehead atoms. The molecule has 1 aromatic rings. The van der Waals surface area contributed by atoms with Crippen LogP contribution >= 0.6 is 11.6 Å². The first-order valence-corrected chi connectivity index (χ1v) is 4.79. The lowest BCUT2D eigenvalue weighted by atomic mass is 10.0. The minimum Gasteiger partial charge on any atom is -0.508 e. The molecule has 4 heteroatoms. The Morgan fingerprint density at radius 2 is 2.21 bits per heavy atom. The highest BCUT2D eigenvalue weighted by atomic mass is 35.5. The fraction of sp³-hybridized carbons (Fsp3) is 0.400. The van der Waals surface area contributed by atoms with Crippen LogP contribution in [0.15, 0.2) is 12.1 Å². The molecule has 1 rings (SSSR count). The van der Waals surface area contributed by atoms with Crippen LogP contribution < -0.4 is 5.73 Å². The summed E-state index contributed by atoms with van der Waals surface area (Å²) < 4.78 is 13.0. The zero-order valence-corrected chi connectivity index (χ0v) is 8.68. The highest BCUT2D eigenvalue weighted by molar-refractivity contribution is 6.30. The largest absolute Gasteiger partial charge is 0.508 e. The number of aromatic hydroxyl groups is 1. The van der Waals surface area contributed by atoms with Gasteiger partial charge in [0.2, 0.25) is 0 Å². The number of hydrogen-bond donors (Lipinski definition) is 2. The molecule has 0 aliphatic heterocycles. The summed E-state index contributed by atoms with van der Waals surface area (Å²) in [6, 6.07) is 2.47. The van der Waals surface area contributed by atoms with Gasteiger partial charge in [-0.05, 0) is 30.5 Å². The Morgan fingerprint density at radius 3 is 2.79 bits per heavy atom. The van der Waals surface area contributed by atoms with E-state index in [1.807, 2.05) is 6.92 Å². The summed E-state index contributed by atoms with van der Waals surface area (Å²) in [4.78, 5) is 0. The van der Waals surface area contributed by atoms with Crippen LogP contribution in [-0.2, 0) is 6.42 Å². The SMILES string of the molecule is CC(CN)Cc1cc(F)c(Cl)cc1O. The molecule has 1 aromatic carbocycles. The Kier molecular flexibility index (Phi) is 3.72. The van der Waals surface area contributed by atoms with Gasteiger partial charge in [0.1, 0.15) is 11.6 Å². The molecule has 1 unspecified atom stereocenters. The molecule has 14 heavy (non-hydrogen) atoms. The van der Waals surface area contributed by atoms with Gasteiger partial charge in [0.05, 0.1) is 5.02 Å². The van der Waals surface area contributed by atoms with Crippen molar-refractivity contribution in [2.75, 3.05) is 6.54 Å². The maximum atomic E-state index is 13.0. The average Bonchev–Trinajstić information content (AvgIpc) is 2.14. The fourth-order valence-corrected chi connectivity index (χ4v) is 1.36. The predicted octanol–water partition coefficient (Wildman–Crippen LogP) is 2.32. The van der Waals surface area contributed by atoms with E-state index in [1.165, 1.54) is 12.1 Å². The fourth-order valence-electron chi connectivity index (χ4n) is 1.20. The molecule has 0 aliphatic carbocycles. The van der Waals surface area contributed by atoms with Gasteiger partial charge in [0.15, 0.2) is 0 Å². The number of phenolic OH excluding ortho intramolecular Hbond substituents is 1. The molecule has 0 amide bonds. The van der Waals surface area contributed by atoms with E-state index >= 15 is 0 Å². The van der Waals surface area contributed by atoms with Gasteiger partial charge in [-0.25, -0.2) is 4.39 Å². The molecule has 78 valence electrons. The van der Waals surface area contributed by atoms with E-state index < -0.39 is 5.82 Å². The third-order valence-electron chi connectivity index (χ3n) is 2.09. The zero-order valence-electron chi connectivity index (χ0n) is 7.93. The van der Waals surface area contributed by atoms with E-state index in [0.29, 0.717) is 18.5 Å². The van der Waals surface area contributed by atoms with Crippen molar-refractivity contribution in [3.63, 3.8) is 0 Å². The maximum Gasteiger partial charge on any atom is 0.142 e. The Labute approximate surface area is 87.5 Å². The molecular formula is C10H13ClFNO. The summed E-state index contributed by atoms with van der Waals surface area (Å²) in [6.45, 7) is 2.44. The van der Waals surface area contributed by atoms with Gasteiger partial charge in [0, 0.05) is 6.07 Å². The molecule has 0 fully saturated rings. The summed E-state index contributed by atoms with van der Waals surface area (Å²) in [6.07, 6.45) is 0.552. The molecule has 0 aliphatic rings. The molecule has 0 radical (unpaired) electrons. The number of rotatable bonds is 3. The molecule has 0 spiro atoms. The van der Waals surface area contributed by atoms with Crippen LogP contribution in [0.1, 0.15) is 12.5 Å². The monoisotopic (exact) mass is 217 g/mol. The van der Waals surface area contributed by atoms with Crippen LogP contribution in [0, 0.1) is 11.7 Å². The summed E-state index contributed by atoms with van der Waals surface area (Å²) >= 11 is 5.50. The van der Waals surface area contributed by atoms with Crippen molar-refractivity contribution < 1.29 is 9.50 Å². The molecule has 0 saturated carbocycles. The first kappa shape index (κ1) is 11.3. The minimum atomic E-state index is -0.510. The second-order valence-corrected chi connectivity index (χ2v) is 3.85. The topological polar surface area (TPSA) is 46.2 Å². The Morgan fingerprint density at radius 1 is 1.57 bits per heavy atom. The normalized spacial score (nSPS) is 12.9. The predicted molar refractivity (Wildman–Crippen MR) is 55.0 cm³/mol. The Bertz CT molecular complexity index is 330. The van der Waals surface area contributed by atoms with Crippen LogP contribution in [0.3, 0.4) is 0 Å². The molecular weight excluding hydrogens is 205 g/mol. The van der Waals surface area contributed by atoms with Gasteiger partial charge in [-0.15, -0.1) is 0 Å². The lowest BCUT2D eigenvalue weighted by molar-refractivity contribution is 0.457. The summed E-state index contributed by atoms with van der Waals surface area (Å²) in [7, 11) is 0. The highest BCUT2D eigenvalue weighted by Crippen LogP contribution is 2.26. The van der Waals surface area contributed by atoms with Crippen LogP contribution in [0.4, 0.5) is 4.39 Å². The lowest BCUT2D eigenvalue weighted by Gasteiger charge is -2.10. The maximum absolute atomic E-state index is 13.0. The second kappa shape index (κ2) is 4.62. The number of benzene rings is 1. The average molecular weight is 218 g/mol. The number of hydrogen-bond acceptors (Lipinski definition) is 2. The zero-order chi connectivity index (χ0) is 10.7. The summed E-state index contributed by atoms with van der Waals surface area (Å²) in [5.74, 6) is -0.276. The van der Waals surface area contributed by atoms with Crippen molar-refractivity contribution in [2.45, 2.75) is 13.3 Å². The molecule has 0 aromatic heterocycles. The van der Waals surface area contributed by atoms with E-state index in [1.54, 1.807) is 0 Å². The van der Waals surface area contributed by atoms with Crippen molar-refractivity contribution in [1.82, 2.24) is 0 Å². The van der Waals surface area contributed by atoms with Gasteiger partial charge in [-0.2, -0.15) is 0 Å². The standard InChI is InChI=1S/C10H13ClFNO/c1-6(5-13)2-7-3-9(12)8(11)4-10(7)14/h3-4,6,14H,2,5,13H2,1H3. The van der Waals surface area contributed by atoms with Crippen molar-refractivity contribution >= 4 is 11.6 Å². The summed E-state index contributed by atoms with van der Waals surface area (Å²) in [5, 5.41) is 9.40. The minimum absolute atomic E-state index is 0.0247. The van der Waals surface area contributed by atoms with Gasteiger partial charge in [0.25, 0.3) is 0 Å². The first-order valence-electron chi connectivity index (χ1n) is 4.41. The van der Waals surface area contributed by atoms with Gasteiger partial charge in [-0.1, -0.05) is 18.5 Å². The molecule has 2 nitrogen and oxygen atoms in total. The van der Waals surface area contributed by atoms with Crippen molar-refractivity contribution in [2.24, 2.45) is 11.7 Å². The van der Waals surface area contributed by atoms with Crippen molar-refractivity contribution in [1.29, 1.82) is 0 Å². The van der Waals surface area contributed by atoms with Gasteiger partial charge < -0.3 is 10.8 Å². The number of nitrogens with two attached hydrogens (primary N) is 1. The highest BCUT2D eigenvalue weighted by Gasteiger charge is 2.10. The molecule has 3 N–H and O–H groups in total. The second-order valence-electron chi connectivity index (χ2n) is 3.44. The quantitative estimate of drug-likeness (QED) is 0.816. The third kappa shape index (κ3) is 2.59. The molecule has 0 saturated heterocycles. The van der Waals surface area contributed by atoms with Gasteiger partial charge in [-0.3, -0.25) is 0 Å². The third-order valence-corrected chi connectivity index (χ3v) is 2.38. The number of phenols is 1. The lowest BCUT2D eigenvalue weighted by Crippen LogP contribution is -2.13. The van der Waals surface area contributed by atoms with Gasteiger partial charge >= 0.3 is 0 Å². The molecule has 0 heterocycles. The Balaban J connectivity index is 2.92. The van der Waals surface area contributed by atoms with E-state index in [2.05, 4.69) is 0 Å². The van der Waals surface area contributed by atoms with E-state index in [0.717, 1.165) is 0 Å². The molecule has 1 atom stereocenters. The van der Waals surface area contributed by atoms with Crippen LogP contribution in [0.25, 0.3) is 0 Å². The number of halogens is 2. The summed E-state index contributed by atoms with van der Waals surface area (Å²) in [5.41, 5.74) is 5.98. The van der Waals surface area contributed by atoms with Crippen molar-refractivity contribution in [3.8, 4) is 5.75 Å². The van der Waals surface area contributed by atoms with Crippen LogP contribution in [-0.4, -0.2) is 11.7 Å². The van der Waals surface area contributed by atoms with E-state index in [4.69, 9.17) is 17.3 Å².